The van der Waals surface area contributed by atoms with Gasteiger partial charge in [-0.15, -0.1) is 11.8 Å². The second-order valence-electron chi connectivity index (χ2n) is 6.65. The van der Waals surface area contributed by atoms with Crippen LogP contribution in [0.2, 0.25) is 0 Å². The van der Waals surface area contributed by atoms with Crippen LogP contribution < -0.4 is 4.90 Å². The fourth-order valence-corrected chi connectivity index (χ4v) is 5.09. The minimum absolute atomic E-state index is 0.0585. The van der Waals surface area contributed by atoms with Crippen LogP contribution in [0.15, 0.2) is 47.4 Å². The Balaban J connectivity index is 1.44. The number of anilines is 1. The average molecular weight is 429 g/mol. The summed E-state index contributed by atoms with van der Waals surface area (Å²) in [6, 6.07) is 12.5. The first-order valence-corrected chi connectivity index (χ1v) is 11.2. The lowest BCUT2D eigenvalue weighted by atomic mass is 10.2. The Morgan fingerprint density at radius 2 is 2.00 bits per heavy atom. The monoisotopic (exact) mass is 428 g/mol. The third-order valence-electron chi connectivity index (χ3n) is 4.80. The molecule has 1 saturated heterocycles. The predicted molar refractivity (Wildman–Crippen MR) is 117 cm³/mol. The normalized spacial score (nSPS) is 14.4. The maximum Gasteiger partial charge on any atom is 0.270 e. The number of benzene rings is 2. The van der Waals surface area contributed by atoms with Crippen molar-refractivity contribution in [2.75, 3.05) is 36.8 Å². The second kappa shape index (κ2) is 8.38. The minimum atomic E-state index is -0.392. The highest BCUT2D eigenvalue weighted by Crippen LogP contribution is 2.32. The summed E-state index contributed by atoms with van der Waals surface area (Å²) in [5.74, 6) is 1.03. The highest BCUT2D eigenvalue weighted by molar-refractivity contribution is 7.99. The second-order valence-corrected chi connectivity index (χ2v) is 8.99. The summed E-state index contributed by atoms with van der Waals surface area (Å²) in [6.07, 6.45) is 0. The van der Waals surface area contributed by atoms with Crippen LogP contribution in [0.5, 0.6) is 0 Å². The Hall–Kier alpha value is -2.65. The molecule has 0 bridgehead atoms. The van der Waals surface area contributed by atoms with E-state index in [-0.39, 0.29) is 11.6 Å². The first-order chi connectivity index (χ1) is 14.0. The van der Waals surface area contributed by atoms with Gasteiger partial charge in [0.25, 0.3) is 11.6 Å². The lowest BCUT2D eigenvalue weighted by molar-refractivity contribution is -0.384. The van der Waals surface area contributed by atoms with E-state index in [0.717, 1.165) is 31.6 Å². The number of amides is 1. The zero-order valence-electron chi connectivity index (χ0n) is 15.9. The van der Waals surface area contributed by atoms with E-state index in [2.05, 4.69) is 16.8 Å². The van der Waals surface area contributed by atoms with E-state index in [4.69, 9.17) is 0 Å². The van der Waals surface area contributed by atoms with Crippen molar-refractivity contribution in [2.24, 2.45) is 0 Å². The molecule has 1 aromatic heterocycles. The van der Waals surface area contributed by atoms with E-state index < -0.39 is 4.92 Å². The molecule has 1 aliphatic rings. The fourth-order valence-electron chi connectivity index (χ4n) is 3.32. The molecular formula is C20H20N4O3S2. The number of non-ortho nitro benzene ring substituents is 1. The van der Waals surface area contributed by atoms with Gasteiger partial charge in [-0.1, -0.05) is 24.3 Å². The average Bonchev–Trinajstić information content (AvgIpc) is 3.17. The van der Waals surface area contributed by atoms with E-state index in [0.29, 0.717) is 26.2 Å². The first-order valence-electron chi connectivity index (χ1n) is 9.37. The molecule has 0 saturated carbocycles. The van der Waals surface area contributed by atoms with Crippen LogP contribution in [-0.4, -0.2) is 52.6 Å². The summed E-state index contributed by atoms with van der Waals surface area (Å²) < 4.78 is 0.804. The predicted octanol–water partition coefficient (Wildman–Crippen LogP) is 4.28. The van der Waals surface area contributed by atoms with Crippen molar-refractivity contribution in [3.63, 3.8) is 0 Å². The number of thiazole rings is 1. The third-order valence-corrected chi connectivity index (χ3v) is 6.76. The van der Waals surface area contributed by atoms with Crippen molar-refractivity contribution in [2.45, 2.75) is 11.8 Å². The molecule has 4 rings (SSSR count). The number of hydrogen-bond acceptors (Lipinski definition) is 7. The molecule has 1 amide bonds. The summed E-state index contributed by atoms with van der Waals surface area (Å²) in [6.45, 7) is 4.73. The van der Waals surface area contributed by atoms with Crippen LogP contribution in [0.3, 0.4) is 0 Å². The minimum Gasteiger partial charge on any atom is -0.345 e. The number of nitro benzene ring substituents is 1. The molecule has 2 heterocycles. The SMILES string of the molecule is CCSc1cccc(C(=O)N2CCN(c3nc4ccc([N+](=O)[O-])cc4s3)CC2)c1. The lowest BCUT2D eigenvalue weighted by Gasteiger charge is -2.34. The van der Waals surface area contributed by atoms with Gasteiger partial charge in [-0.2, -0.15) is 0 Å². The summed E-state index contributed by atoms with van der Waals surface area (Å²) in [5, 5.41) is 11.8. The highest BCUT2D eigenvalue weighted by Gasteiger charge is 2.24. The summed E-state index contributed by atoms with van der Waals surface area (Å²) in [7, 11) is 0. The van der Waals surface area contributed by atoms with E-state index in [1.807, 2.05) is 29.2 Å². The standard InChI is InChI=1S/C20H20N4O3S2/c1-2-28-16-5-3-4-14(12-16)19(25)22-8-10-23(11-9-22)20-21-17-7-6-15(24(26)27)13-18(17)29-20/h3-7,12-13H,2,8-11H2,1H3. The Morgan fingerprint density at radius 3 is 2.72 bits per heavy atom. The lowest BCUT2D eigenvalue weighted by Crippen LogP contribution is -2.48. The zero-order valence-corrected chi connectivity index (χ0v) is 17.5. The zero-order chi connectivity index (χ0) is 20.4. The van der Waals surface area contributed by atoms with Crippen LogP contribution in [-0.2, 0) is 0 Å². The number of hydrogen-bond donors (Lipinski definition) is 0. The van der Waals surface area contributed by atoms with Crippen molar-refractivity contribution in [3.8, 4) is 0 Å². The number of piperazine rings is 1. The number of carbonyl (C=O) groups excluding carboxylic acids is 1. The van der Waals surface area contributed by atoms with Gasteiger partial charge < -0.3 is 9.80 Å². The van der Waals surface area contributed by atoms with Crippen molar-refractivity contribution in [3.05, 3.63) is 58.1 Å². The van der Waals surface area contributed by atoms with Gasteiger partial charge in [-0.05, 0) is 30.0 Å². The Morgan fingerprint density at radius 1 is 1.21 bits per heavy atom. The van der Waals surface area contributed by atoms with E-state index in [9.17, 15) is 14.9 Å². The van der Waals surface area contributed by atoms with Crippen molar-refractivity contribution < 1.29 is 9.72 Å². The van der Waals surface area contributed by atoms with E-state index in [1.54, 1.807) is 23.9 Å². The molecule has 0 radical (unpaired) electrons. The van der Waals surface area contributed by atoms with Gasteiger partial charge in [0.05, 0.1) is 15.1 Å². The van der Waals surface area contributed by atoms with Crippen LogP contribution in [0, 0.1) is 10.1 Å². The van der Waals surface area contributed by atoms with Crippen LogP contribution in [0.4, 0.5) is 10.8 Å². The van der Waals surface area contributed by atoms with Gasteiger partial charge in [0.1, 0.15) is 0 Å². The number of rotatable bonds is 5. The van der Waals surface area contributed by atoms with Gasteiger partial charge in [0.2, 0.25) is 0 Å². The van der Waals surface area contributed by atoms with Crippen LogP contribution in [0.1, 0.15) is 17.3 Å². The maximum atomic E-state index is 12.9. The van der Waals surface area contributed by atoms with Crippen LogP contribution >= 0.6 is 23.1 Å². The topological polar surface area (TPSA) is 79.6 Å². The Kier molecular flexibility index (Phi) is 5.68. The summed E-state index contributed by atoms with van der Waals surface area (Å²) in [4.78, 5) is 33.2. The molecule has 0 aliphatic carbocycles. The smallest absolute Gasteiger partial charge is 0.270 e. The summed E-state index contributed by atoms with van der Waals surface area (Å²) >= 11 is 3.18. The third kappa shape index (κ3) is 4.20. The first kappa shape index (κ1) is 19.7. The molecule has 0 unspecified atom stereocenters. The van der Waals surface area contributed by atoms with Crippen molar-refractivity contribution in [1.82, 2.24) is 9.88 Å². The molecular weight excluding hydrogens is 408 g/mol. The Bertz CT molecular complexity index is 1060. The number of fused-ring (bicyclic) bond motifs is 1. The largest absolute Gasteiger partial charge is 0.345 e. The highest BCUT2D eigenvalue weighted by atomic mass is 32.2. The number of carbonyl (C=O) groups is 1. The summed E-state index contributed by atoms with van der Waals surface area (Å²) in [5.41, 5.74) is 1.56. The maximum absolute atomic E-state index is 12.9. The molecule has 7 nitrogen and oxygen atoms in total. The number of nitro groups is 1. The molecule has 0 atom stereocenters. The molecule has 0 N–H and O–H groups in total. The van der Waals surface area contributed by atoms with Gasteiger partial charge in [0, 0.05) is 48.8 Å². The van der Waals surface area contributed by atoms with Gasteiger partial charge in [-0.25, -0.2) is 4.98 Å². The van der Waals surface area contributed by atoms with Crippen molar-refractivity contribution in [1.29, 1.82) is 0 Å². The van der Waals surface area contributed by atoms with Crippen LogP contribution in [0.25, 0.3) is 10.2 Å². The number of aromatic nitrogens is 1. The quantitative estimate of drug-likeness (QED) is 0.343. The molecule has 9 heteroatoms. The molecule has 150 valence electrons. The molecule has 1 fully saturated rings. The van der Waals surface area contributed by atoms with Gasteiger partial charge in [-0.3, -0.25) is 14.9 Å². The Labute approximate surface area is 176 Å². The molecule has 2 aromatic carbocycles. The van der Waals surface area contributed by atoms with E-state index >= 15 is 0 Å². The molecule has 3 aromatic rings. The van der Waals surface area contributed by atoms with Gasteiger partial charge in [0.15, 0.2) is 5.13 Å². The molecule has 29 heavy (non-hydrogen) atoms. The van der Waals surface area contributed by atoms with Gasteiger partial charge >= 0.3 is 0 Å². The fraction of sp³-hybridized carbons (Fsp3) is 0.300. The van der Waals surface area contributed by atoms with Crippen molar-refractivity contribution >= 4 is 50.0 Å². The molecule has 1 aliphatic heterocycles. The number of thioether (sulfide) groups is 1. The van der Waals surface area contributed by atoms with E-state index in [1.165, 1.54) is 17.4 Å². The molecule has 0 spiro atoms. The number of nitrogens with zero attached hydrogens (tertiary/aromatic N) is 4.